The summed E-state index contributed by atoms with van der Waals surface area (Å²) < 4.78 is 15.2. The van der Waals surface area contributed by atoms with Crippen molar-refractivity contribution in [2.75, 3.05) is 6.61 Å². The molecule has 1 saturated heterocycles. The van der Waals surface area contributed by atoms with E-state index in [9.17, 15) is 14.7 Å². The van der Waals surface area contributed by atoms with Crippen LogP contribution in [0.3, 0.4) is 0 Å². The van der Waals surface area contributed by atoms with E-state index in [1.54, 1.807) is 18.5 Å². The quantitative estimate of drug-likeness (QED) is 0.428. The van der Waals surface area contributed by atoms with E-state index in [1.165, 1.54) is 0 Å². The first-order valence-corrected chi connectivity index (χ1v) is 13.2. The lowest BCUT2D eigenvalue weighted by Gasteiger charge is -2.28. The summed E-state index contributed by atoms with van der Waals surface area (Å²) in [4.78, 5) is 29.8. The number of benzene rings is 1. The van der Waals surface area contributed by atoms with Crippen molar-refractivity contribution in [1.29, 1.82) is 0 Å². The molecule has 3 atom stereocenters. The molecule has 3 aromatic rings. The Hall–Kier alpha value is -3.01. The van der Waals surface area contributed by atoms with Crippen LogP contribution in [0.5, 0.6) is 0 Å². The third-order valence-electron chi connectivity index (χ3n) is 7.44. The van der Waals surface area contributed by atoms with E-state index in [1.807, 2.05) is 37.4 Å². The highest BCUT2D eigenvalue weighted by molar-refractivity contribution is 5.81. The van der Waals surface area contributed by atoms with E-state index < -0.39 is 18.1 Å². The molecule has 37 heavy (non-hydrogen) atoms. The van der Waals surface area contributed by atoms with Crippen LogP contribution in [-0.2, 0) is 34.4 Å². The first-order chi connectivity index (χ1) is 17.8. The van der Waals surface area contributed by atoms with Gasteiger partial charge in [0.25, 0.3) is 5.56 Å². The summed E-state index contributed by atoms with van der Waals surface area (Å²) in [5.74, 6) is 0.384. The molecule has 2 aliphatic rings. The van der Waals surface area contributed by atoms with Gasteiger partial charge in [0.2, 0.25) is 0 Å². The van der Waals surface area contributed by atoms with Gasteiger partial charge in [0, 0.05) is 37.5 Å². The van der Waals surface area contributed by atoms with Gasteiger partial charge in [-0.3, -0.25) is 14.9 Å². The number of pyridine rings is 1. The van der Waals surface area contributed by atoms with Crippen molar-refractivity contribution >= 4 is 17.0 Å². The Morgan fingerprint density at radius 3 is 2.73 bits per heavy atom. The third-order valence-corrected chi connectivity index (χ3v) is 7.44. The fourth-order valence-electron chi connectivity index (χ4n) is 5.09. The molecule has 0 bridgehead atoms. The molecule has 9 nitrogen and oxygen atoms in total. The van der Waals surface area contributed by atoms with Gasteiger partial charge in [-0.2, -0.15) is 0 Å². The Kier molecular flexibility index (Phi) is 7.46. The molecule has 1 aromatic carbocycles. The SMILES string of the molecule is Cc1cc(-c2nc3cc(CN[C@H](C(=O)OC4CCC4)[C@@H](C)O)ccc3n2C[C@@H]2CCCO2)cn(C)c1=O. The minimum atomic E-state index is -0.874. The summed E-state index contributed by atoms with van der Waals surface area (Å²) in [6.45, 7) is 5.25. The normalized spacial score (nSPS) is 19.6. The second kappa shape index (κ2) is 10.8. The number of nitrogens with zero attached hydrogens (tertiary/aromatic N) is 3. The molecule has 5 rings (SSSR count). The van der Waals surface area contributed by atoms with Crippen LogP contribution >= 0.6 is 0 Å². The molecule has 0 spiro atoms. The molecule has 3 heterocycles. The Bertz CT molecular complexity index is 1310. The number of carbonyl (C=O) groups excluding carboxylic acids is 1. The third kappa shape index (κ3) is 5.49. The van der Waals surface area contributed by atoms with Gasteiger partial charge >= 0.3 is 5.97 Å². The van der Waals surface area contributed by atoms with Gasteiger partial charge in [-0.25, -0.2) is 4.98 Å². The second-order valence-electron chi connectivity index (χ2n) is 10.4. The van der Waals surface area contributed by atoms with Gasteiger partial charge in [-0.05, 0) is 69.7 Å². The fourth-order valence-corrected chi connectivity index (χ4v) is 5.09. The predicted molar refractivity (Wildman–Crippen MR) is 140 cm³/mol. The monoisotopic (exact) mass is 508 g/mol. The van der Waals surface area contributed by atoms with E-state index in [2.05, 4.69) is 9.88 Å². The molecule has 1 aliphatic carbocycles. The van der Waals surface area contributed by atoms with E-state index in [4.69, 9.17) is 14.5 Å². The minimum Gasteiger partial charge on any atom is -0.461 e. The Balaban J connectivity index is 1.43. The molecule has 1 aliphatic heterocycles. The number of imidazole rings is 1. The zero-order valence-electron chi connectivity index (χ0n) is 21.8. The van der Waals surface area contributed by atoms with Crippen LogP contribution in [0, 0.1) is 6.92 Å². The van der Waals surface area contributed by atoms with Crippen LogP contribution in [-0.4, -0.2) is 56.2 Å². The molecule has 0 radical (unpaired) electrons. The van der Waals surface area contributed by atoms with Crippen LogP contribution in [0.15, 0.2) is 35.3 Å². The molecule has 1 saturated carbocycles. The van der Waals surface area contributed by atoms with Crippen LogP contribution in [0.4, 0.5) is 0 Å². The number of rotatable bonds is 9. The Morgan fingerprint density at radius 2 is 2.08 bits per heavy atom. The lowest BCUT2D eigenvalue weighted by molar-refractivity contribution is -0.158. The maximum atomic E-state index is 12.6. The summed E-state index contributed by atoms with van der Waals surface area (Å²) in [5, 5.41) is 13.4. The number of aliphatic hydroxyl groups excluding tert-OH is 1. The van der Waals surface area contributed by atoms with Crippen LogP contribution in [0.2, 0.25) is 0 Å². The van der Waals surface area contributed by atoms with Gasteiger partial charge in [-0.15, -0.1) is 0 Å². The van der Waals surface area contributed by atoms with Crippen LogP contribution in [0.25, 0.3) is 22.4 Å². The molecule has 2 fully saturated rings. The largest absolute Gasteiger partial charge is 0.461 e. The first kappa shape index (κ1) is 25.6. The minimum absolute atomic E-state index is 0.0256. The number of aliphatic hydroxyl groups is 1. The smallest absolute Gasteiger partial charge is 0.326 e. The number of nitrogens with one attached hydrogen (secondary N) is 1. The van der Waals surface area contributed by atoms with E-state index >= 15 is 0 Å². The Labute approximate surface area is 216 Å². The number of fused-ring (bicyclic) bond motifs is 1. The summed E-state index contributed by atoms with van der Waals surface area (Å²) >= 11 is 0. The van der Waals surface area contributed by atoms with Gasteiger partial charge in [0.15, 0.2) is 0 Å². The Morgan fingerprint density at radius 1 is 1.27 bits per heavy atom. The van der Waals surface area contributed by atoms with Crippen molar-refractivity contribution in [1.82, 2.24) is 19.4 Å². The molecule has 0 amide bonds. The number of hydrogen-bond donors (Lipinski definition) is 2. The topological polar surface area (TPSA) is 108 Å². The van der Waals surface area contributed by atoms with Crippen LogP contribution < -0.4 is 10.9 Å². The van der Waals surface area contributed by atoms with Crippen molar-refractivity contribution in [3.05, 3.63) is 51.9 Å². The van der Waals surface area contributed by atoms with Gasteiger partial charge in [0.1, 0.15) is 18.0 Å². The molecular weight excluding hydrogens is 472 g/mol. The summed E-state index contributed by atoms with van der Waals surface area (Å²) in [6.07, 6.45) is 5.96. The maximum absolute atomic E-state index is 12.6. The summed E-state index contributed by atoms with van der Waals surface area (Å²) in [6, 6.07) is 7.14. The lowest BCUT2D eigenvalue weighted by atomic mass is 9.96. The standard InChI is InChI=1S/C28H36N4O5/c1-17-12-20(15-31(3)27(17)34)26-30-23-13-19(9-10-24(23)32(26)16-22-8-5-11-36-22)14-29-25(18(2)33)28(35)37-21-6-4-7-21/h9-10,12-13,15,18,21-22,25,29,33H,4-8,11,14,16H2,1-3H3/t18-,22+,25+/m1/s1. The van der Waals surface area contributed by atoms with E-state index in [0.717, 1.165) is 66.7 Å². The highest BCUT2D eigenvalue weighted by Crippen LogP contribution is 2.28. The number of esters is 1. The van der Waals surface area contributed by atoms with Gasteiger partial charge in [0.05, 0.1) is 29.8 Å². The molecular formula is C28H36N4O5. The van der Waals surface area contributed by atoms with Gasteiger partial charge < -0.3 is 23.7 Å². The highest BCUT2D eigenvalue weighted by Gasteiger charge is 2.30. The van der Waals surface area contributed by atoms with Crippen molar-refractivity contribution in [3.8, 4) is 11.4 Å². The number of ether oxygens (including phenoxy) is 2. The molecule has 9 heteroatoms. The van der Waals surface area contributed by atoms with Crippen molar-refractivity contribution < 1.29 is 19.4 Å². The first-order valence-electron chi connectivity index (χ1n) is 13.2. The molecule has 0 unspecified atom stereocenters. The average molecular weight is 509 g/mol. The lowest BCUT2D eigenvalue weighted by Crippen LogP contribution is -2.47. The summed E-state index contributed by atoms with van der Waals surface area (Å²) in [7, 11) is 1.75. The van der Waals surface area contributed by atoms with Gasteiger partial charge in [-0.1, -0.05) is 6.07 Å². The second-order valence-corrected chi connectivity index (χ2v) is 10.4. The number of carbonyl (C=O) groups is 1. The van der Waals surface area contributed by atoms with Crippen LogP contribution in [0.1, 0.15) is 50.2 Å². The van der Waals surface area contributed by atoms with E-state index in [-0.39, 0.29) is 17.8 Å². The highest BCUT2D eigenvalue weighted by atomic mass is 16.5. The summed E-state index contributed by atoms with van der Waals surface area (Å²) in [5.41, 5.74) is 4.27. The zero-order chi connectivity index (χ0) is 26.1. The number of aromatic nitrogens is 3. The molecule has 2 aromatic heterocycles. The average Bonchev–Trinajstić information content (AvgIpc) is 3.47. The maximum Gasteiger partial charge on any atom is 0.326 e. The van der Waals surface area contributed by atoms with Crippen molar-refractivity contribution in [3.63, 3.8) is 0 Å². The molecule has 2 N–H and O–H groups in total. The van der Waals surface area contributed by atoms with Crippen molar-refractivity contribution in [2.45, 2.75) is 83.4 Å². The van der Waals surface area contributed by atoms with E-state index in [0.29, 0.717) is 18.7 Å². The zero-order valence-corrected chi connectivity index (χ0v) is 21.8. The number of hydrogen-bond acceptors (Lipinski definition) is 7. The molecule has 198 valence electrons. The predicted octanol–water partition coefficient (Wildman–Crippen LogP) is 2.82. The fraction of sp³-hybridized carbons (Fsp3) is 0.536. The number of aryl methyl sites for hydroxylation is 2. The van der Waals surface area contributed by atoms with Crippen molar-refractivity contribution in [2.24, 2.45) is 7.05 Å².